The second-order valence-corrected chi connectivity index (χ2v) is 16.0. The third-order valence-corrected chi connectivity index (χ3v) is 8.74. The van der Waals surface area contributed by atoms with E-state index in [0.717, 1.165) is 0 Å². The highest BCUT2D eigenvalue weighted by Crippen LogP contribution is 2.32. The molecule has 2 amide bonds. The minimum absolute atomic E-state index is 0.0288. The molecule has 0 bridgehead atoms. The average Bonchev–Trinajstić information content (AvgIpc) is 2.91. The third kappa shape index (κ3) is 10.7. The Morgan fingerprint density at radius 1 is 0.761 bits per heavy atom. The van der Waals surface area contributed by atoms with Gasteiger partial charge in [-0.2, -0.15) is 0 Å². The summed E-state index contributed by atoms with van der Waals surface area (Å²) in [4.78, 5) is 58.8. The van der Waals surface area contributed by atoms with E-state index >= 15 is 0 Å². The standard InChI is InChI=1S/C14H19Cl2IN4O2.C14H20ClIN4O3/c1-8-7-20(13(22)23-14(2,3)4)5-6-21(8)11-9(15)10(16)18-12(17)19-11;1-8-7-19(13(22)23-14(2,3)4)5-6-20(8)10-9(15)11(21)18-12(16)17-10/h8H,5-7H2,1-4H3;8H,5-7H2,1-4H3,(H,17,18,21)/t2*8-/m00/s1. The topological polar surface area (TPSA) is 137 Å². The number of nitrogens with one attached hydrogen (secondary N) is 1. The summed E-state index contributed by atoms with van der Waals surface area (Å²) in [5, 5.41) is 0.649. The van der Waals surface area contributed by atoms with E-state index in [0.29, 0.717) is 63.6 Å². The summed E-state index contributed by atoms with van der Waals surface area (Å²) in [5.74, 6) is 1.06. The molecule has 0 spiro atoms. The molecule has 0 radical (unpaired) electrons. The Labute approximate surface area is 311 Å². The second-order valence-electron chi connectivity index (χ2n) is 12.9. The Balaban J connectivity index is 0.000000250. The third-order valence-electron chi connectivity index (χ3n) is 6.68. The van der Waals surface area contributed by atoms with E-state index < -0.39 is 11.2 Å². The summed E-state index contributed by atoms with van der Waals surface area (Å²) in [7, 11) is 0. The molecule has 0 saturated carbocycles. The Morgan fingerprint density at radius 2 is 1.20 bits per heavy atom. The maximum absolute atomic E-state index is 12.2. The quantitative estimate of drug-likeness (QED) is 0.208. The van der Waals surface area contributed by atoms with Crippen molar-refractivity contribution in [2.45, 2.75) is 78.7 Å². The molecule has 0 unspecified atom stereocenters. The zero-order valence-electron chi connectivity index (χ0n) is 27.0. The predicted molar refractivity (Wildman–Crippen MR) is 197 cm³/mol. The van der Waals surface area contributed by atoms with E-state index in [9.17, 15) is 14.4 Å². The van der Waals surface area contributed by atoms with Crippen LogP contribution in [-0.4, -0.2) is 104 Å². The average molecular weight is 928 g/mol. The van der Waals surface area contributed by atoms with Crippen molar-refractivity contribution in [3.8, 4) is 0 Å². The Kier molecular flexibility index (Phi) is 13.3. The fourth-order valence-corrected chi connectivity index (χ4v) is 6.36. The first-order valence-corrected chi connectivity index (χ1v) is 17.8. The van der Waals surface area contributed by atoms with E-state index in [2.05, 4.69) is 19.9 Å². The molecule has 2 fully saturated rings. The molecule has 2 aliphatic rings. The van der Waals surface area contributed by atoms with Crippen molar-refractivity contribution in [2.75, 3.05) is 49.1 Å². The van der Waals surface area contributed by atoms with Crippen molar-refractivity contribution in [1.29, 1.82) is 0 Å². The lowest BCUT2D eigenvalue weighted by molar-refractivity contribution is 0.0208. The Hall–Kier alpha value is -1.57. The Bertz CT molecular complexity index is 1490. The molecule has 0 aliphatic carbocycles. The molecule has 2 aromatic rings. The molecule has 256 valence electrons. The van der Waals surface area contributed by atoms with Gasteiger partial charge in [0.15, 0.2) is 24.5 Å². The predicted octanol–water partition coefficient (Wildman–Crippen LogP) is 6.31. The lowest BCUT2D eigenvalue weighted by Gasteiger charge is -2.41. The molecule has 0 aromatic carbocycles. The van der Waals surface area contributed by atoms with E-state index in [-0.39, 0.29) is 40.0 Å². The van der Waals surface area contributed by atoms with Crippen LogP contribution in [0, 0.1) is 7.66 Å². The molecule has 13 nitrogen and oxygen atoms in total. The van der Waals surface area contributed by atoms with Gasteiger partial charge >= 0.3 is 12.2 Å². The number of halogens is 5. The van der Waals surface area contributed by atoms with Crippen LogP contribution in [0.2, 0.25) is 15.2 Å². The molecule has 4 heterocycles. The number of H-pyrrole nitrogens is 1. The number of hydrogen-bond donors (Lipinski definition) is 1. The number of nitrogens with zero attached hydrogens (tertiary/aromatic N) is 7. The molecule has 2 aliphatic heterocycles. The monoisotopic (exact) mass is 926 g/mol. The van der Waals surface area contributed by atoms with Gasteiger partial charge in [0.05, 0.1) is 0 Å². The molecule has 18 heteroatoms. The fourth-order valence-electron chi connectivity index (χ4n) is 4.71. The molecular weight excluding hydrogens is 889 g/mol. The minimum atomic E-state index is -0.523. The minimum Gasteiger partial charge on any atom is -0.444 e. The number of carbonyl (C=O) groups excluding carboxylic acids is 2. The number of rotatable bonds is 2. The van der Waals surface area contributed by atoms with Gasteiger partial charge in [-0.1, -0.05) is 34.8 Å². The summed E-state index contributed by atoms with van der Waals surface area (Å²) in [6.45, 7) is 18.2. The molecule has 46 heavy (non-hydrogen) atoms. The summed E-state index contributed by atoms with van der Waals surface area (Å²) < 4.78 is 11.8. The highest BCUT2D eigenvalue weighted by molar-refractivity contribution is 14.1. The zero-order valence-corrected chi connectivity index (χ0v) is 33.5. The number of aromatic amines is 1. The van der Waals surface area contributed by atoms with Crippen molar-refractivity contribution in [3.63, 3.8) is 0 Å². The number of aromatic nitrogens is 4. The van der Waals surface area contributed by atoms with Gasteiger partial charge in [-0.05, 0) is 78.0 Å². The van der Waals surface area contributed by atoms with Gasteiger partial charge in [0.25, 0.3) is 5.56 Å². The van der Waals surface area contributed by atoms with Crippen molar-refractivity contribution < 1.29 is 19.1 Å². The van der Waals surface area contributed by atoms with E-state index in [1.165, 1.54) is 0 Å². The Morgan fingerprint density at radius 3 is 1.61 bits per heavy atom. The van der Waals surface area contributed by atoms with Crippen LogP contribution < -0.4 is 15.4 Å². The van der Waals surface area contributed by atoms with Crippen LogP contribution in [0.15, 0.2) is 4.79 Å². The van der Waals surface area contributed by atoms with E-state index in [1.807, 2.05) is 110 Å². The summed E-state index contributed by atoms with van der Waals surface area (Å²) >= 11 is 22.3. The lowest BCUT2D eigenvalue weighted by atomic mass is 10.2. The van der Waals surface area contributed by atoms with E-state index in [4.69, 9.17) is 44.3 Å². The summed E-state index contributed by atoms with van der Waals surface area (Å²) in [6.07, 6.45) is -0.631. The van der Waals surface area contributed by atoms with Gasteiger partial charge in [0, 0.05) is 73.9 Å². The number of ether oxygens (including phenoxy) is 2. The van der Waals surface area contributed by atoms with Gasteiger partial charge in [-0.3, -0.25) is 4.79 Å². The van der Waals surface area contributed by atoms with Crippen molar-refractivity contribution in [1.82, 2.24) is 29.7 Å². The fraction of sp³-hybridized carbons (Fsp3) is 0.643. The molecule has 4 rings (SSSR count). The van der Waals surface area contributed by atoms with Crippen LogP contribution in [0.5, 0.6) is 0 Å². The first-order valence-electron chi connectivity index (χ1n) is 14.5. The second kappa shape index (κ2) is 15.8. The van der Waals surface area contributed by atoms with Gasteiger partial charge in [0.2, 0.25) is 0 Å². The molecule has 2 aromatic heterocycles. The maximum Gasteiger partial charge on any atom is 0.410 e. The van der Waals surface area contributed by atoms with Crippen molar-refractivity contribution in [2.24, 2.45) is 0 Å². The number of carbonyl (C=O) groups is 2. The smallest absolute Gasteiger partial charge is 0.410 e. The van der Waals surface area contributed by atoms with Gasteiger partial charge in [-0.25, -0.2) is 24.5 Å². The van der Waals surface area contributed by atoms with E-state index in [1.54, 1.807) is 9.80 Å². The van der Waals surface area contributed by atoms with Gasteiger partial charge in [-0.15, -0.1) is 0 Å². The molecular formula is C28H39Cl3I2N8O5. The highest BCUT2D eigenvalue weighted by atomic mass is 127. The highest BCUT2D eigenvalue weighted by Gasteiger charge is 2.33. The van der Waals surface area contributed by atoms with Crippen LogP contribution in [0.3, 0.4) is 0 Å². The van der Waals surface area contributed by atoms with Crippen LogP contribution >= 0.6 is 80.0 Å². The largest absolute Gasteiger partial charge is 0.444 e. The molecule has 2 atom stereocenters. The first kappa shape index (κ1) is 38.9. The van der Waals surface area contributed by atoms with Crippen LogP contribution in [-0.2, 0) is 9.47 Å². The first-order chi connectivity index (χ1) is 21.2. The SMILES string of the molecule is C[C@H]1CN(C(=O)OC(C)(C)C)CCN1c1nc(I)[nH]c(=O)c1Cl.C[C@H]1CN(C(=O)OC(C)(C)C)CCN1c1nc(I)nc(Cl)c1Cl. The number of piperazine rings is 2. The number of anilines is 2. The van der Waals surface area contributed by atoms with Crippen molar-refractivity contribution in [3.05, 3.63) is 33.2 Å². The van der Waals surface area contributed by atoms with Gasteiger partial charge < -0.3 is 34.1 Å². The summed E-state index contributed by atoms with van der Waals surface area (Å²) in [5.41, 5.74) is -1.38. The van der Waals surface area contributed by atoms with Crippen LogP contribution in [0.4, 0.5) is 21.2 Å². The van der Waals surface area contributed by atoms with Gasteiger partial charge in [0.1, 0.15) is 21.2 Å². The molecule has 1 N–H and O–H groups in total. The summed E-state index contributed by atoms with van der Waals surface area (Å²) in [6, 6.07) is 0.00871. The van der Waals surface area contributed by atoms with Crippen LogP contribution in [0.25, 0.3) is 0 Å². The maximum atomic E-state index is 12.2. The normalized spacial score (nSPS) is 19.0. The number of hydrogen-bond acceptors (Lipinski definition) is 10. The lowest BCUT2D eigenvalue weighted by Crippen LogP contribution is -2.55. The molecule has 2 saturated heterocycles. The zero-order chi connectivity index (χ0) is 34.7. The van der Waals surface area contributed by atoms with Crippen LogP contribution in [0.1, 0.15) is 55.4 Å². The number of amides is 2. The van der Waals surface area contributed by atoms with Crippen molar-refractivity contribution >= 4 is 104 Å².